The summed E-state index contributed by atoms with van der Waals surface area (Å²) in [4.78, 5) is 22.3. The van der Waals surface area contributed by atoms with Gasteiger partial charge in [0.1, 0.15) is 6.61 Å². The van der Waals surface area contributed by atoms with Gasteiger partial charge in [0.25, 0.3) is 5.79 Å². The lowest BCUT2D eigenvalue weighted by molar-refractivity contribution is -0.455. The molecule has 0 aliphatic carbocycles. The van der Waals surface area contributed by atoms with Crippen molar-refractivity contribution in [1.29, 1.82) is 0 Å². The van der Waals surface area contributed by atoms with Gasteiger partial charge in [-0.05, 0) is 0 Å². The molecule has 0 aromatic carbocycles. The van der Waals surface area contributed by atoms with Gasteiger partial charge in [-0.2, -0.15) is 0 Å². The highest BCUT2D eigenvalue weighted by Gasteiger charge is 2.65. The van der Waals surface area contributed by atoms with E-state index in [0.717, 1.165) is 13.8 Å². The number of hydrogen-bond donors (Lipinski definition) is 2. The van der Waals surface area contributed by atoms with Gasteiger partial charge < -0.3 is 33.9 Å². The van der Waals surface area contributed by atoms with Crippen molar-refractivity contribution in [2.75, 3.05) is 20.8 Å². The standard InChI is InChI=1S/C11H18O9/c1-6(12)19-8-9(20-7(2)13)18-5-10(14,16-3)11(8,15)17-4/h8-9,14-15H,5H2,1-4H3/t8-,9?,10-,11-/m0/s1/i3D,4D. The maximum Gasteiger partial charge on any atom is 0.305 e. The van der Waals surface area contributed by atoms with Crippen molar-refractivity contribution in [1.82, 2.24) is 0 Å². The van der Waals surface area contributed by atoms with E-state index in [-0.39, 0.29) is 0 Å². The van der Waals surface area contributed by atoms with Crippen LogP contribution in [0.1, 0.15) is 16.6 Å². The molecule has 0 amide bonds. The Labute approximate surface area is 118 Å². The summed E-state index contributed by atoms with van der Waals surface area (Å²) >= 11 is 0. The zero-order valence-corrected chi connectivity index (χ0v) is 11.0. The molecule has 2 N–H and O–H groups in total. The van der Waals surface area contributed by atoms with Gasteiger partial charge in [-0.3, -0.25) is 9.59 Å². The molecule has 0 radical (unpaired) electrons. The molecule has 1 unspecified atom stereocenters. The van der Waals surface area contributed by atoms with Crippen molar-refractivity contribution in [3.8, 4) is 0 Å². The maximum atomic E-state index is 11.2. The molecule has 1 aliphatic rings. The number of esters is 2. The molecule has 1 rings (SSSR count). The molecule has 0 aromatic rings. The Balaban J connectivity index is 3.22. The Morgan fingerprint density at radius 3 is 2.30 bits per heavy atom. The van der Waals surface area contributed by atoms with Gasteiger partial charge in [0, 0.05) is 28.0 Å². The second-order valence-electron chi connectivity index (χ2n) is 4.09. The number of methoxy groups -OCH3 is 2. The van der Waals surface area contributed by atoms with Crippen LogP contribution in [0.4, 0.5) is 0 Å². The fraction of sp³-hybridized carbons (Fsp3) is 0.818. The first kappa shape index (κ1) is 13.7. The number of carbonyl (C=O) groups excluding carboxylic acids is 2. The van der Waals surface area contributed by atoms with E-state index in [9.17, 15) is 19.8 Å². The number of rotatable bonds is 4. The van der Waals surface area contributed by atoms with Crippen molar-refractivity contribution < 1.29 is 46.2 Å². The zero-order valence-electron chi connectivity index (χ0n) is 13.0. The molecule has 0 saturated carbocycles. The molecule has 1 fully saturated rings. The third-order valence-corrected chi connectivity index (χ3v) is 2.67. The van der Waals surface area contributed by atoms with Gasteiger partial charge in [-0.25, -0.2) is 0 Å². The summed E-state index contributed by atoms with van der Waals surface area (Å²) < 4.78 is 38.2. The normalized spacial score (nSPS) is 38.6. The van der Waals surface area contributed by atoms with Crippen LogP contribution < -0.4 is 0 Å². The van der Waals surface area contributed by atoms with Gasteiger partial charge in [0.2, 0.25) is 18.2 Å². The topological polar surface area (TPSA) is 121 Å². The zero-order chi connectivity index (χ0) is 17.0. The lowest BCUT2D eigenvalue weighted by Gasteiger charge is -2.49. The summed E-state index contributed by atoms with van der Waals surface area (Å²) in [5.74, 6) is -7.08. The highest BCUT2D eigenvalue weighted by Crippen LogP contribution is 2.37. The van der Waals surface area contributed by atoms with Gasteiger partial charge in [-0.15, -0.1) is 0 Å². The SMILES string of the molecule is [2H]CO[C@@]1(O)[C@@H](OC(C)=O)C(OC(C)=O)OC[C@]1(O)OC[2H]. The van der Waals surface area contributed by atoms with E-state index in [1.54, 1.807) is 0 Å². The molecule has 9 nitrogen and oxygen atoms in total. The van der Waals surface area contributed by atoms with E-state index in [0.29, 0.717) is 0 Å². The smallest absolute Gasteiger partial charge is 0.305 e. The average molecular weight is 296 g/mol. The van der Waals surface area contributed by atoms with E-state index >= 15 is 0 Å². The Morgan fingerprint density at radius 2 is 1.80 bits per heavy atom. The largest absolute Gasteiger partial charge is 0.450 e. The third kappa shape index (κ3) is 2.91. The van der Waals surface area contributed by atoms with Crippen LogP contribution in [0.15, 0.2) is 0 Å². The summed E-state index contributed by atoms with van der Waals surface area (Å²) in [5, 5.41) is 20.9. The number of hydrogen-bond acceptors (Lipinski definition) is 9. The Kier molecular flexibility index (Phi) is 4.13. The molecule has 20 heavy (non-hydrogen) atoms. The van der Waals surface area contributed by atoms with Crippen molar-refractivity contribution in [2.24, 2.45) is 0 Å². The highest BCUT2D eigenvalue weighted by molar-refractivity contribution is 5.67. The molecule has 116 valence electrons. The Morgan fingerprint density at radius 1 is 1.20 bits per heavy atom. The van der Waals surface area contributed by atoms with Crippen LogP contribution in [-0.4, -0.2) is 66.9 Å². The van der Waals surface area contributed by atoms with Gasteiger partial charge in [0.05, 0.1) is 2.74 Å². The molecule has 4 atom stereocenters. The number of ether oxygens (including phenoxy) is 5. The fourth-order valence-corrected chi connectivity index (χ4v) is 1.71. The van der Waals surface area contributed by atoms with Gasteiger partial charge in [-0.1, -0.05) is 0 Å². The van der Waals surface area contributed by atoms with Crippen LogP contribution in [0.2, 0.25) is 0 Å². The number of aliphatic hydroxyl groups is 2. The molecule has 0 spiro atoms. The minimum Gasteiger partial charge on any atom is -0.450 e. The molecule has 9 heteroatoms. The molecule has 1 saturated heterocycles. The predicted octanol–water partition coefficient (Wildman–Crippen LogP) is -1.49. The van der Waals surface area contributed by atoms with Crippen LogP contribution in [-0.2, 0) is 33.3 Å². The minimum absolute atomic E-state index is 0.752. The molecule has 0 aromatic heterocycles. The summed E-state index contributed by atoms with van der Waals surface area (Å²) in [6, 6.07) is 0. The van der Waals surface area contributed by atoms with Crippen LogP contribution >= 0.6 is 0 Å². The van der Waals surface area contributed by atoms with Crippen LogP contribution in [0.5, 0.6) is 0 Å². The first-order valence-electron chi connectivity index (χ1n) is 6.88. The number of carbonyl (C=O) groups is 2. The first-order valence-corrected chi connectivity index (χ1v) is 5.47. The Bertz CT molecular complexity index is 420. The second-order valence-corrected chi connectivity index (χ2v) is 4.09. The first-order chi connectivity index (χ1) is 10.2. The van der Waals surface area contributed by atoms with E-state index in [4.69, 9.17) is 26.4 Å². The molecule has 1 aliphatic heterocycles. The van der Waals surface area contributed by atoms with Crippen LogP contribution in [0, 0.1) is 0 Å². The summed E-state index contributed by atoms with van der Waals surface area (Å²) in [6.45, 7) is 1.31. The Hall–Kier alpha value is -1.26. The second kappa shape index (κ2) is 6.02. The summed E-state index contributed by atoms with van der Waals surface area (Å²) in [7, 11) is -1.63. The molecule has 0 bridgehead atoms. The van der Waals surface area contributed by atoms with Crippen LogP contribution in [0.3, 0.4) is 0 Å². The molecular weight excluding hydrogens is 276 g/mol. The maximum absolute atomic E-state index is 11.2. The van der Waals surface area contributed by atoms with E-state index in [1.807, 2.05) is 0 Å². The fourth-order valence-electron chi connectivity index (χ4n) is 1.71. The van der Waals surface area contributed by atoms with Crippen LogP contribution in [0.25, 0.3) is 0 Å². The predicted molar refractivity (Wildman–Crippen MR) is 61.0 cm³/mol. The van der Waals surface area contributed by atoms with Crippen molar-refractivity contribution in [3.63, 3.8) is 0 Å². The van der Waals surface area contributed by atoms with Crippen molar-refractivity contribution in [3.05, 3.63) is 0 Å². The average Bonchev–Trinajstić information content (AvgIpc) is 2.39. The lowest BCUT2D eigenvalue weighted by Crippen LogP contribution is -2.73. The molecule has 1 heterocycles. The monoisotopic (exact) mass is 296 g/mol. The van der Waals surface area contributed by atoms with E-state index in [2.05, 4.69) is 0 Å². The van der Waals surface area contributed by atoms with E-state index < -0.39 is 56.7 Å². The van der Waals surface area contributed by atoms with Gasteiger partial charge >= 0.3 is 11.9 Å². The van der Waals surface area contributed by atoms with Crippen molar-refractivity contribution >= 4 is 11.9 Å². The molecular formula is C11H18O9. The van der Waals surface area contributed by atoms with E-state index in [1.165, 1.54) is 0 Å². The highest BCUT2D eigenvalue weighted by atomic mass is 16.8. The summed E-state index contributed by atoms with van der Waals surface area (Å²) in [5.41, 5.74) is 0. The van der Waals surface area contributed by atoms with Crippen molar-refractivity contribution in [2.45, 2.75) is 37.8 Å². The lowest BCUT2D eigenvalue weighted by atomic mass is 9.96. The van der Waals surface area contributed by atoms with Gasteiger partial charge in [0.15, 0.2) is 0 Å². The summed E-state index contributed by atoms with van der Waals surface area (Å²) in [6.07, 6.45) is -3.42. The third-order valence-electron chi connectivity index (χ3n) is 2.67. The quantitative estimate of drug-likeness (QED) is 0.472. The minimum atomic E-state index is -2.78.